The maximum Gasteiger partial charge on any atom is 0.0960 e. The molecule has 0 unspecified atom stereocenters. The lowest BCUT2D eigenvalue weighted by atomic mass is 10.5. The second kappa shape index (κ2) is 1.07. The van der Waals surface area contributed by atoms with Gasteiger partial charge in [0.1, 0.15) is 0 Å². The van der Waals surface area contributed by atoms with Crippen molar-refractivity contribution in [2.45, 2.75) is 19.8 Å². The standard InChI is InChI=1S/C5H7F/c1-4(6)5-2-3-5/h2-3H2,1H3. The first kappa shape index (κ1) is 3.85. The lowest BCUT2D eigenvalue weighted by Gasteiger charge is -1.71. The minimum atomic E-state index is 0.0370. The van der Waals surface area contributed by atoms with Gasteiger partial charge in [-0.15, -0.1) is 0 Å². The first-order valence-corrected chi connectivity index (χ1v) is 2.15. The lowest BCUT2D eigenvalue weighted by molar-refractivity contribution is 0.635. The predicted molar refractivity (Wildman–Crippen MR) is 23.0 cm³/mol. The van der Waals surface area contributed by atoms with Crippen molar-refractivity contribution in [3.8, 4) is 0 Å². The molecule has 0 aromatic heterocycles. The Bertz CT molecular complexity index is 82.1. The molecule has 0 saturated heterocycles. The van der Waals surface area contributed by atoms with Crippen molar-refractivity contribution < 1.29 is 4.39 Å². The number of rotatable bonds is 0. The topological polar surface area (TPSA) is 0 Å². The Morgan fingerprint density at radius 3 is 2.17 bits per heavy atom. The van der Waals surface area contributed by atoms with Crippen LogP contribution in [0.5, 0.6) is 0 Å². The highest BCUT2D eigenvalue weighted by molar-refractivity contribution is 5.18. The van der Waals surface area contributed by atoms with Crippen molar-refractivity contribution in [3.05, 3.63) is 11.4 Å². The quantitative estimate of drug-likeness (QED) is 0.423. The van der Waals surface area contributed by atoms with Crippen LogP contribution in [-0.4, -0.2) is 0 Å². The third-order valence-electron chi connectivity index (χ3n) is 0.987. The van der Waals surface area contributed by atoms with Gasteiger partial charge in [-0.1, -0.05) is 0 Å². The van der Waals surface area contributed by atoms with Crippen LogP contribution in [0.3, 0.4) is 0 Å². The van der Waals surface area contributed by atoms with Gasteiger partial charge in [-0.05, 0) is 25.3 Å². The van der Waals surface area contributed by atoms with Crippen molar-refractivity contribution in [2.75, 3.05) is 0 Å². The van der Waals surface area contributed by atoms with Gasteiger partial charge in [0.05, 0.1) is 5.83 Å². The summed E-state index contributed by atoms with van der Waals surface area (Å²) in [6.45, 7) is 1.52. The average molecular weight is 86.1 g/mol. The van der Waals surface area contributed by atoms with Crippen LogP contribution in [-0.2, 0) is 0 Å². The number of allylic oxidation sites excluding steroid dienone is 2. The molecule has 6 heavy (non-hydrogen) atoms. The largest absolute Gasteiger partial charge is 0.212 e. The minimum Gasteiger partial charge on any atom is -0.212 e. The van der Waals surface area contributed by atoms with Crippen LogP contribution in [0.2, 0.25) is 0 Å². The molecule has 1 saturated carbocycles. The van der Waals surface area contributed by atoms with Crippen LogP contribution in [0.15, 0.2) is 11.4 Å². The summed E-state index contributed by atoms with van der Waals surface area (Å²) in [6.07, 6.45) is 2.00. The number of hydrogen-bond acceptors (Lipinski definition) is 0. The Kier molecular flexibility index (Phi) is 0.685. The third kappa shape index (κ3) is 0.588. The zero-order valence-corrected chi connectivity index (χ0v) is 3.79. The molecule has 0 aliphatic heterocycles. The van der Waals surface area contributed by atoms with Gasteiger partial charge in [-0.2, -0.15) is 0 Å². The van der Waals surface area contributed by atoms with Gasteiger partial charge in [0.25, 0.3) is 0 Å². The average Bonchev–Trinajstić information content (AvgIpc) is 2.06. The molecular weight excluding hydrogens is 79.1 g/mol. The summed E-state index contributed by atoms with van der Waals surface area (Å²) in [7, 11) is 0. The van der Waals surface area contributed by atoms with Gasteiger partial charge in [-0.3, -0.25) is 0 Å². The van der Waals surface area contributed by atoms with Crippen molar-refractivity contribution in [2.24, 2.45) is 0 Å². The molecule has 0 bridgehead atoms. The van der Waals surface area contributed by atoms with Gasteiger partial charge in [0.2, 0.25) is 0 Å². The molecule has 0 atom stereocenters. The third-order valence-corrected chi connectivity index (χ3v) is 0.987. The Morgan fingerprint density at radius 2 is 2.17 bits per heavy atom. The highest BCUT2D eigenvalue weighted by Gasteiger charge is 2.13. The summed E-state index contributed by atoms with van der Waals surface area (Å²) in [5.41, 5.74) is 1.01. The highest BCUT2D eigenvalue weighted by atomic mass is 19.1. The van der Waals surface area contributed by atoms with Crippen molar-refractivity contribution in [3.63, 3.8) is 0 Å². The molecule has 0 radical (unpaired) electrons. The highest BCUT2D eigenvalue weighted by Crippen LogP contribution is 2.31. The minimum absolute atomic E-state index is 0.0370. The molecule has 1 aliphatic carbocycles. The summed E-state index contributed by atoms with van der Waals surface area (Å²) < 4.78 is 11.8. The predicted octanol–water partition coefficient (Wildman–Crippen LogP) is 2.02. The molecule has 0 N–H and O–H groups in total. The maximum absolute atomic E-state index is 11.8. The van der Waals surface area contributed by atoms with E-state index in [9.17, 15) is 4.39 Å². The van der Waals surface area contributed by atoms with Crippen molar-refractivity contribution in [1.82, 2.24) is 0 Å². The second-order valence-electron chi connectivity index (χ2n) is 1.64. The molecule has 0 spiro atoms. The van der Waals surface area contributed by atoms with E-state index >= 15 is 0 Å². The van der Waals surface area contributed by atoms with Gasteiger partial charge in [-0.25, -0.2) is 4.39 Å². The zero-order valence-electron chi connectivity index (χ0n) is 3.79. The fourth-order valence-corrected chi connectivity index (χ4v) is 0.407. The fraction of sp³-hybridized carbons (Fsp3) is 0.600. The Labute approximate surface area is 36.7 Å². The molecule has 0 nitrogen and oxygen atoms in total. The zero-order chi connectivity index (χ0) is 4.57. The van der Waals surface area contributed by atoms with E-state index < -0.39 is 0 Å². The van der Waals surface area contributed by atoms with Gasteiger partial charge in [0, 0.05) is 0 Å². The summed E-state index contributed by atoms with van der Waals surface area (Å²) in [6, 6.07) is 0. The van der Waals surface area contributed by atoms with E-state index in [-0.39, 0.29) is 5.83 Å². The second-order valence-corrected chi connectivity index (χ2v) is 1.64. The summed E-state index contributed by atoms with van der Waals surface area (Å²) in [5, 5.41) is 0. The van der Waals surface area contributed by atoms with Gasteiger partial charge < -0.3 is 0 Å². The van der Waals surface area contributed by atoms with E-state index in [0.29, 0.717) is 0 Å². The van der Waals surface area contributed by atoms with Crippen LogP contribution < -0.4 is 0 Å². The van der Waals surface area contributed by atoms with E-state index in [2.05, 4.69) is 0 Å². The van der Waals surface area contributed by atoms with E-state index in [1.54, 1.807) is 0 Å². The van der Waals surface area contributed by atoms with Gasteiger partial charge >= 0.3 is 0 Å². The van der Waals surface area contributed by atoms with Crippen molar-refractivity contribution >= 4 is 0 Å². The number of hydrogen-bond donors (Lipinski definition) is 0. The molecule has 1 fully saturated rings. The number of halogens is 1. The van der Waals surface area contributed by atoms with Crippen molar-refractivity contribution in [1.29, 1.82) is 0 Å². The molecule has 0 amide bonds. The Balaban J connectivity index is 2.61. The van der Waals surface area contributed by atoms with E-state index in [0.717, 1.165) is 18.4 Å². The monoisotopic (exact) mass is 86.1 g/mol. The molecule has 1 heteroatoms. The molecule has 0 aromatic carbocycles. The van der Waals surface area contributed by atoms with E-state index in [4.69, 9.17) is 0 Å². The molecule has 0 heterocycles. The normalized spacial score (nSPS) is 18.0. The van der Waals surface area contributed by atoms with Crippen LogP contribution in [0.4, 0.5) is 4.39 Å². The Hall–Kier alpha value is -0.330. The van der Waals surface area contributed by atoms with Crippen LogP contribution in [0.1, 0.15) is 19.8 Å². The molecular formula is C5H7F. The fourth-order valence-electron chi connectivity index (χ4n) is 0.407. The summed E-state index contributed by atoms with van der Waals surface area (Å²) >= 11 is 0. The summed E-state index contributed by atoms with van der Waals surface area (Å²) in [4.78, 5) is 0. The van der Waals surface area contributed by atoms with E-state index in [1.807, 2.05) is 0 Å². The maximum atomic E-state index is 11.8. The molecule has 1 rings (SSSR count). The van der Waals surface area contributed by atoms with Crippen LogP contribution in [0, 0.1) is 0 Å². The molecule has 1 aliphatic rings. The smallest absolute Gasteiger partial charge is 0.0960 e. The van der Waals surface area contributed by atoms with Crippen LogP contribution >= 0.6 is 0 Å². The lowest BCUT2D eigenvalue weighted by Crippen LogP contribution is -1.51. The first-order chi connectivity index (χ1) is 2.80. The molecule has 34 valence electrons. The first-order valence-electron chi connectivity index (χ1n) is 2.15. The summed E-state index contributed by atoms with van der Waals surface area (Å²) in [5.74, 6) is 0.0370. The Morgan fingerprint density at radius 1 is 1.67 bits per heavy atom. The SMILES string of the molecule is CC(F)=C1CC1. The van der Waals surface area contributed by atoms with Crippen LogP contribution in [0.25, 0.3) is 0 Å². The molecule has 0 aromatic rings. The van der Waals surface area contributed by atoms with E-state index in [1.165, 1.54) is 6.92 Å². The van der Waals surface area contributed by atoms with Gasteiger partial charge in [0.15, 0.2) is 0 Å².